The summed E-state index contributed by atoms with van der Waals surface area (Å²) in [5, 5.41) is 18.0. The molecule has 2 aromatic rings. The van der Waals surface area contributed by atoms with E-state index in [9.17, 15) is 5.11 Å². The fourth-order valence-corrected chi connectivity index (χ4v) is 3.43. The first-order valence-electron chi connectivity index (χ1n) is 8.67. The molecule has 0 spiro atoms. The van der Waals surface area contributed by atoms with Gasteiger partial charge in [0.15, 0.2) is 5.82 Å². The lowest BCUT2D eigenvalue weighted by Crippen LogP contribution is -2.30. The van der Waals surface area contributed by atoms with Crippen LogP contribution in [0.3, 0.4) is 0 Å². The lowest BCUT2D eigenvalue weighted by molar-refractivity contribution is 0.114. The van der Waals surface area contributed by atoms with E-state index in [4.69, 9.17) is 4.74 Å². The number of rotatable bonds is 6. The average molecular weight is 329 g/mol. The van der Waals surface area contributed by atoms with Gasteiger partial charge in [0.25, 0.3) is 5.88 Å². The molecule has 1 unspecified atom stereocenters. The average Bonchev–Trinajstić information content (AvgIpc) is 3.15. The monoisotopic (exact) mass is 329 g/mol. The van der Waals surface area contributed by atoms with Gasteiger partial charge < -0.3 is 15.2 Å². The van der Waals surface area contributed by atoms with Crippen LogP contribution in [-0.4, -0.2) is 43.1 Å². The van der Waals surface area contributed by atoms with Crippen molar-refractivity contribution in [2.45, 2.75) is 56.9 Å². The van der Waals surface area contributed by atoms with E-state index in [-0.39, 0.29) is 12.1 Å². The molecule has 0 amide bonds. The van der Waals surface area contributed by atoms with E-state index in [0.717, 1.165) is 32.2 Å². The second kappa shape index (κ2) is 6.76. The molecular formula is C17H23N5O2. The van der Waals surface area contributed by atoms with Gasteiger partial charge in [0, 0.05) is 31.3 Å². The first-order valence-corrected chi connectivity index (χ1v) is 8.67. The molecule has 7 nitrogen and oxygen atoms in total. The predicted octanol–water partition coefficient (Wildman–Crippen LogP) is 1.86. The third kappa shape index (κ3) is 3.36. The van der Waals surface area contributed by atoms with Crippen molar-refractivity contribution in [2.24, 2.45) is 5.92 Å². The lowest BCUT2D eigenvalue weighted by atomic mass is 9.96. The summed E-state index contributed by atoms with van der Waals surface area (Å²) in [6.07, 6.45) is 11.9. The van der Waals surface area contributed by atoms with Gasteiger partial charge in [-0.2, -0.15) is 5.10 Å². The maximum atomic E-state index is 10.4. The van der Waals surface area contributed by atoms with Gasteiger partial charge in [-0.15, -0.1) is 0 Å². The van der Waals surface area contributed by atoms with Crippen LogP contribution in [0.15, 0.2) is 30.9 Å². The Morgan fingerprint density at radius 2 is 2.08 bits per heavy atom. The number of nitrogens with one attached hydrogen (secondary N) is 1. The molecule has 24 heavy (non-hydrogen) atoms. The molecule has 2 aliphatic carbocycles. The molecule has 2 saturated carbocycles. The Labute approximate surface area is 141 Å². The fourth-order valence-electron chi connectivity index (χ4n) is 3.43. The molecule has 2 aromatic heterocycles. The summed E-state index contributed by atoms with van der Waals surface area (Å²) in [5.74, 6) is 1.57. The van der Waals surface area contributed by atoms with Crippen molar-refractivity contribution in [3.63, 3.8) is 0 Å². The van der Waals surface area contributed by atoms with Gasteiger partial charge in [-0.05, 0) is 44.1 Å². The van der Waals surface area contributed by atoms with E-state index >= 15 is 0 Å². The Morgan fingerprint density at radius 3 is 2.83 bits per heavy atom. The fraction of sp³-hybridized carbons (Fsp3) is 0.588. The van der Waals surface area contributed by atoms with Gasteiger partial charge in [0.1, 0.15) is 6.10 Å². The SMILES string of the molecule is O[C@@H]1CC(Cn2cccn2)C[C@H]1Nc1nccnc1OC1CCC1. The van der Waals surface area contributed by atoms with Crippen molar-refractivity contribution in [2.75, 3.05) is 5.32 Å². The highest BCUT2D eigenvalue weighted by molar-refractivity contribution is 5.46. The third-order valence-corrected chi connectivity index (χ3v) is 4.95. The topological polar surface area (TPSA) is 85.1 Å². The molecule has 2 heterocycles. The molecule has 4 rings (SSSR count). The molecular weight excluding hydrogens is 306 g/mol. The zero-order chi connectivity index (χ0) is 16.4. The number of hydrogen-bond donors (Lipinski definition) is 2. The van der Waals surface area contributed by atoms with Crippen molar-refractivity contribution in [1.82, 2.24) is 19.7 Å². The molecule has 3 atom stereocenters. The molecule has 128 valence electrons. The van der Waals surface area contributed by atoms with E-state index in [1.165, 1.54) is 6.42 Å². The summed E-state index contributed by atoms with van der Waals surface area (Å²) in [6, 6.07) is 1.89. The van der Waals surface area contributed by atoms with E-state index in [1.807, 2.05) is 16.9 Å². The van der Waals surface area contributed by atoms with Gasteiger partial charge in [-0.1, -0.05) is 0 Å². The van der Waals surface area contributed by atoms with E-state index in [1.54, 1.807) is 18.6 Å². The van der Waals surface area contributed by atoms with Crippen molar-refractivity contribution in [1.29, 1.82) is 0 Å². The second-order valence-corrected chi connectivity index (χ2v) is 6.76. The van der Waals surface area contributed by atoms with Gasteiger partial charge in [-0.3, -0.25) is 4.68 Å². The van der Waals surface area contributed by atoms with Crippen LogP contribution >= 0.6 is 0 Å². The van der Waals surface area contributed by atoms with Crippen LogP contribution in [-0.2, 0) is 6.54 Å². The van der Waals surface area contributed by atoms with Crippen molar-refractivity contribution in [3.8, 4) is 5.88 Å². The second-order valence-electron chi connectivity index (χ2n) is 6.76. The quantitative estimate of drug-likeness (QED) is 0.841. The van der Waals surface area contributed by atoms with Gasteiger partial charge >= 0.3 is 0 Å². The molecule has 0 saturated heterocycles. The van der Waals surface area contributed by atoms with Crippen LogP contribution < -0.4 is 10.1 Å². The number of hydrogen-bond acceptors (Lipinski definition) is 6. The highest BCUT2D eigenvalue weighted by Crippen LogP contribution is 2.32. The van der Waals surface area contributed by atoms with Crippen LogP contribution in [0.4, 0.5) is 5.82 Å². The largest absolute Gasteiger partial charge is 0.472 e. The van der Waals surface area contributed by atoms with E-state index in [2.05, 4.69) is 20.4 Å². The van der Waals surface area contributed by atoms with Crippen molar-refractivity contribution in [3.05, 3.63) is 30.9 Å². The number of aliphatic hydroxyl groups excluding tert-OH is 1. The zero-order valence-corrected chi connectivity index (χ0v) is 13.6. The molecule has 0 bridgehead atoms. The summed E-state index contributed by atoms with van der Waals surface area (Å²) in [4.78, 5) is 8.67. The number of anilines is 1. The Morgan fingerprint density at radius 1 is 1.21 bits per heavy atom. The smallest absolute Gasteiger partial charge is 0.257 e. The molecule has 0 aromatic carbocycles. The van der Waals surface area contributed by atoms with E-state index < -0.39 is 6.10 Å². The molecule has 0 aliphatic heterocycles. The summed E-state index contributed by atoms with van der Waals surface area (Å²) < 4.78 is 7.83. The van der Waals surface area contributed by atoms with Crippen LogP contribution in [0.5, 0.6) is 5.88 Å². The Bertz CT molecular complexity index is 659. The first kappa shape index (κ1) is 15.4. The highest BCUT2D eigenvalue weighted by Gasteiger charge is 2.34. The zero-order valence-electron chi connectivity index (χ0n) is 13.6. The van der Waals surface area contributed by atoms with Crippen molar-refractivity contribution < 1.29 is 9.84 Å². The lowest BCUT2D eigenvalue weighted by Gasteiger charge is -2.27. The summed E-state index contributed by atoms with van der Waals surface area (Å²) in [5.41, 5.74) is 0. The predicted molar refractivity (Wildman–Crippen MR) is 88.7 cm³/mol. The summed E-state index contributed by atoms with van der Waals surface area (Å²) >= 11 is 0. The standard InChI is InChI=1S/C17H23N5O2/c23-15-10-12(11-22-8-2-5-20-22)9-14(15)21-16-17(19-7-6-18-16)24-13-3-1-4-13/h2,5-8,12-15,23H,1,3-4,9-11H2,(H,18,21)/t12?,14-,15-/m1/s1. The minimum absolute atomic E-state index is 0.0361. The minimum atomic E-state index is -0.399. The van der Waals surface area contributed by atoms with Crippen LogP contribution in [0, 0.1) is 5.92 Å². The maximum absolute atomic E-state index is 10.4. The summed E-state index contributed by atoms with van der Waals surface area (Å²) in [6.45, 7) is 0.828. The van der Waals surface area contributed by atoms with Gasteiger partial charge in [0.2, 0.25) is 0 Å². The van der Waals surface area contributed by atoms with E-state index in [0.29, 0.717) is 17.6 Å². The normalized spacial score (nSPS) is 27.0. The molecule has 0 radical (unpaired) electrons. The number of aliphatic hydroxyl groups is 1. The van der Waals surface area contributed by atoms with Crippen molar-refractivity contribution >= 4 is 5.82 Å². The number of nitrogens with zero attached hydrogens (tertiary/aromatic N) is 4. The first-order chi connectivity index (χ1) is 11.8. The Balaban J connectivity index is 1.39. The van der Waals surface area contributed by atoms with Gasteiger partial charge in [-0.25, -0.2) is 9.97 Å². The van der Waals surface area contributed by atoms with Crippen LogP contribution in [0.25, 0.3) is 0 Å². The highest BCUT2D eigenvalue weighted by atomic mass is 16.5. The van der Waals surface area contributed by atoms with Crippen LogP contribution in [0.1, 0.15) is 32.1 Å². The number of aromatic nitrogens is 4. The van der Waals surface area contributed by atoms with Crippen LogP contribution in [0.2, 0.25) is 0 Å². The Hall–Kier alpha value is -2.15. The molecule has 2 N–H and O–H groups in total. The van der Waals surface area contributed by atoms with Gasteiger partial charge in [0.05, 0.1) is 12.1 Å². The Kier molecular flexibility index (Phi) is 4.34. The molecule has 2 aliphatic rings. The summed E-state index contributed by atoms with van der Waals surface area (Å²) in [7, 11) is 0. The molecule has 2 fully saturated rings. The maximum Gasteiger partial charge on any atom is 0.257 e. The molecule has 7 heteroatoms. The number of ether oxygens (including phenoxy) is 1. The minimum Gasteiger partial charge on any atom is -0.472 e. The third-order valence-electron chi connectivity index (χ3n) is 4.95.